The molecular formula is C22H17BrF6N6O. The Bertz CT molecular complexity index is 1490. The molecule has 1 N–H and O–H groups in total. The number of hydrogen-bond donors (Lipinski definition) is 1. The first kappa shape index (κ1) is 25.7. The van der Waals surface area contributed by atoms with Crippen LogP contribution in [-0.2, 0) is 18.9 Å². The van der Waals surface area contributed by atoms with Crippen molar-refractivity contribution in [1.82, 2.24) is 24.4 Å². The maximum atomic E-state index is 13.5. The lowest BCUT2D eigenvalue weighted by Crippen LogP contribution is -2.16. The zero-order valence-electron chi connectivity index (χ0n) is 18.9. The summed E-state index contributed by atoms with van der Waals surface area (Å²) < 4.78 is 81.5. The second kappa shape index (κ2) is 8.91. The fourth-order valence-corrected chi connectivity index (χ4v) is 4.20. The molecule has 190 valence electrons. The summed E-state index contributed by atoms with van der Waals surface area (Å²) in [6, 6.07) is 5.60. The van der Waals surface area contributed by atoms with Crippen LogP contribution in [0.2, 0.25) is 0 Å². The summed E-state index contributed by atoms with van der Waals surface area (Å²) in [6.45, 7) is 4.58. The molecule has 1 amide bonds. The Morgan fingerprint density at radius 3 is 2.36 bits per heavy atom. The molecule has 0 unspecified atom stereocenters. The number of fused-ring (bicyclic) bond motifs is 1. The number of anilines is 1. The smallest absolute Gasteiger partial charge is 0.317 e. The first-order valence-electron chi connectivity index (χ1n) is 10.3. The number of nitrogens with one attached hydrogen (secondary N) is 1. The maximum Gasteiger partial charge on any atom is 0.433 e. The molecule has 1 aromatic carbocycles. The summed E-state index contributed by atoms with van der Waals surface area (Å²) >= 11 is 3.12. The molecular weight excluding hydrogens is 558 g/mol. The molecule has 0 aliphatic rings. The van der Waals surface area contributed by atoms with Gasteiger partial charge in [0.2, 0.25) is 0 Å². The first-order valence-corrected chi connectivity index (χ1v) is 11.1. The van der Waals surface area contributed by atoms with Gasteiger partial charge in [0.25, 0.3) is 5.91 Å². The van der Waals surface area contributed by atoms with Crippen molar-refractivity contribution in [2.75, 3.05) is 5.32 Å². The van der Waals surface area contributed by atoms with E-state index in [1.54, 1.807) is 13.8 Å². The number of alkyl halides is 6. The van der Waals surface area contributed by atoms with Crippen LogP contribution in [0.3, 0.4) is 0 Å². The van der Waals surface area contributed by atoms with Gasteiger partial charge in [-0.15, -0.1) is 0 Å². The molecule has 0 bridgehead atoms. The minimum atomic E-state index is -4.73. The van der Waals surface area contributed by atoms with E-state index in [0.717, 1.165) is 18.2 Å². The maximum absolute atomic E-state index is 13.5. The van der Waals surface area contributed by atoms with Gasteiger partial charge in [0.05, 0.1) is 33.7 Å². The van der Waals surface area contributed by atoms with Crippen molar-refractivity contribution >= 4 is 33.2 Å². The molecule has 0 saturated heterocycles. The molecule has 3 aromatic heterocycles. The predicted molar refractivity (Wildman–Crippen MR) is 121 cm³/mol. The van der Waals surface area contributed by atoms with Gasteiger partial charge in [-0.25, -0.2) is 9.50 Å². The standard InChI is InChI=1S/C22H17BrF6N6O/c1-10-7-15(22(27,28)29)35-19(30-10)16(23)18(33-35)20(36)31-17-11(2)32-34(12(17)3)9-13-5-4-6-14(8-13)21(24,25)26/h4-8H,9H2,1-3H3,(H,31,36). The lowest BCUT2D eigenvalue weighted by atomic mass is 10.1. The highest BCUT2D eigenvalue weighted by molar-refractivity contribution is 9.10. The zero-order valence-corrected chi connectivity index (χ0v) is 20.5. The van der Waals surface area contributed by atoms with Crippen LogP contribution in [0.1, 0.15) is 44.4 Å². The van der Waals surface area contributed by atoms with Crippen molar-refractivity contribution < 1.29 is 31.1 Å². The Balaban J connectivity index is 1.65. The van der Waals surface area contributed by atoms with Crippen LogP contribution in [0.4, 0.5) is 32.0 Å². The van der Waals surface area contributed by atoms with Crippen molar-refractivity contribution in [2.24, 2.45) is 0 Å². The van der Waals surface area contributed by atoms with Crippen LogP contribution in [-0.4, -0.2) is 30.3 Å². The quantitative estimate of drug-likeness (QED) is 0.305. The van der Waals surface area contributed by atoms with E-state index in [1.165, 1.54) is 23.7 Å². The third-order valence-corrected chi connectivity index (χ3v) is 6.10. The minimum absolute atomic E-state index is 0.00264. The number of carbonyl (C=O) groups is 1. The zero-order chi connectivity index (χ0) is 26.6. The van der Waals surface area contributed by atoms with E-state index in [4.69, 9.17) is 0 Å². The number of amides is 1. The van der Waals surface area contributed by atoms with Crippen LogP contribution >= 0.6 is 15.9 Å². The van der Waals surface area contributed by atoms with Crippen LogP contribution in [0.5, 0.6) is 0 Å². The second-order valence-corrected chi connectivity index (χ2v) is 8.83. The summed E-state index contributed by atoms with van der Waals surface area (Å²) in [4.78, 5) is 17.0. The van der Waals surface area contributed by atoms with Gasteiger partial charge in [-0.1, -0.05) is 12.1 Å². The monoisotopic (exact) mass is 574 g/mol. The van der Waals surface area contributed by atoms with Crippen molar-refractivity contribution in [3.05, 3.63) is 74.4 Å². The molecule has 3 heterocycles. The van der Waals surface area contributed by atoms with Gasteiger partial charge in [-0.3, -0.25) is 9.48 Å². The summed E-state index contributed by atoms with van der Waals surface area (Å²) in [7, 11) is 0. The SMILES string of the molecule is Cc1cc(C(F)(F)F)n2nc(C(=O)Nc3c(C)nn(Cc4cccc(C(F)(F)F)c4)c3C)c(Br)c2n1. The van der Waals surface area contributed by atoms with Crippen molar-refractivity contribution in [1.29, 1.82) is 0 Å². The van der Waals surface area contributed by atoms with Crippen LogP contribution in [0.25, 0.3) is 5.65 Å². The molecule has 0 aliphatic heterocycles. The Labute approximate surface area is 208 Å². The van der Waals surface area contributed by atoms with Crippen LogP contribution in [0, 0.1) is 20.8 Å². The molecule has 4 aromatic rings. The van der Waals surface area contributed by atoms with Crippen LogP contribution in [0.15, 0.2) is 34.8 Å². The third kappa shape index (κ3) is 4.81. The van der Waals surface area contributed by atoms with E-state index in [9.17, 15) is 31.1 Å². The fourth-order valence-electron chi connectivity index (χ4n) is 3.68. The number of halogens is 7. The predicted octanol–water partition coefficient (Wildman–Crippen LogP) is 5.95. The number of benzene rings is 1. The van der Waals surface area contributed by atoms with Gasteiger partial charge in [0.1, 0.15) is 5.69 Å². The van der Waals surface area contributed by atoms with Gasteiger partial charge in [-0.05, 0) is 60.5 Å². The number of rotatable bonds is 4. The molecule has 0 radical (unpaired) electrons. The Kier molecular flexibility index (Phi) is 6.35. The van der Waals surface area contributed by atoms with E-state index in [-0.39, 0.29) is 33.7 Å². The number of aryl methyl sites for hydroxylation is 2. The molecule has 36 heavy (non-hydrogen) atoms. The molecule has 0 atom stereocenters. The molecule has 14 heteroatoms. The van der Waals surface area contributed by atoms with Crippen molar-refractivity contribution in [3.8, 4) is 0 Å². The largest absolute Gasteiger partial charge is 0.433 e. The summed E-state index contributed by atoms with van der Waals surface area (Å²) in [6.07, 6.45) is -9.23. The minimum Gasteiger partial charge on any atom is -0.317 e. The van der Waals surface area contributed by atoms with Crippen molar-refractivity contribution in [2.45, 2.75) is 39.7 Å². The molecule has 0 fully saturated rings. The van der Waals surface area contributed by atoms with Gasteiger partial charge in [-0.2, -0.15) is 36.5 Å². The molecule has 0 spiro atoms. The van der Waals surface area contributed by atoms with E-state index in [2.05, 4.69) is 36.4 Å². The third-order valence-electron chi connectivity index (χ3n) is 5.37. The summed E-state index contributed by atoms with van der Waals surface area (Å²) in [5, 5.41) is 10.7. The normalized spacial score (nSPS) is 12.4. The Morgan fingerprint density at radius 1 is 1.03 bits per heavy atom. The van der Waals surface area contributed by atoms with Crippen molar-refractivity contribution in [3.63, 3.8) is 0 Å². The lowest BCUT2D eigenvalue weighted by Gasteiger charge is -2.10. The number of aromatic nitrogens is 5. The Hall–Kier alpha value is -3.42. The lowest BCUT2D eigenvalue weighted by molar-refractivity contribution is -0.142. The van der Waals surface area contributed by atoms with E-state index in [0.29, 0.717) is 21.5 Å². The van der Waals surface area contributed by atoms with Gasteiger partial charge in [0, 0.05) is 5.69 Å². The highest BCUT2D eigenvalue weighted by atomic mass is 79.9. The topological polar surface area (TPSA) is 77.1 Å². The molecule has 0 saturated carbocycles. The van der Waals surface area contributed by atoms with E-state index >= 15 is 0 Å². The fraction of sp³-hybridized carbons (Fsp3) is 0.273. The highest BCUT2D eigenvalue weighted by Crippen LogP contribution is 2.33. The summed E-state index contributed by atoms with van der Waals surface area (Å²) in [5.74, 6) is -0.817. The number of carbonyl (C=O) groups excluding carboxylic acids is 1. The average Bonchev–Trinajstić information content (AvgIpc) is 3.23. The molecule has 7 nitrogen and oxygen atoms in total. The highest BCUT2D eigenvalue weighted by Gasteiger charge is 2.36. The molecule has 0 aliphatic carbocycles. The van der Waals surface area contributed by atoms with Gasteiger partial charge in [0.15, 0.2) is 11.3 Å². The van der Waals surface area contributed by atoms with Gasteiger partial charge >= 0.3 is 12.4 Å². The van der Waals surface area contributed by atoms with Crippen LogP contribution < -0.4 is 5.32 Å². The van der Waals surface area contributed by atoms with E-state index < -0.39 is 29.5 Å². The average molecular weight is 575 g/mol. The Morgan fingerprint density at radius 2 is 1.72 bits per heavy atom. The summed E-state index contributed by atoms with van der Waals surface area (Å²) in [5.41, 5.74) is -0.914. The number of hydrogen-bond acceptors (Lipinski definition) is 4. The number of nitrogens with zero attached hydrogens (tertiary/aromatic N) is 5. The van der Waals surface area contributed by atoms with Gasteiger partial charge < -0.3 is 5.32 Å². The van der Waals surface area contributed by atoms with E-state index in [1.807, 2.05) is 0 Å². The molecule has 4 rings (SSSR count). The second-order valence-electron chi connectivity index (χ2n) is 8.03. The first-order chi connectivity index (χ1) is 16.7.